The second-order valence-corrected chi connectivity index (χ2v) is 3.85. The molecule has 0 saturated carbocycles. The first-order valence-corrected chi connectivity index (χ1v) is 5.46. The van der Waals surface area contributed by atoms with Crippen LogP contribution in [0.2, 0.25) is 0 Å². The van der Waals surface area contributed by atoms with E-state index in [1.165, 1.54) is 0 Å². The van der Waals surface area contributed by atoms with Crippen LogP contribution in [-0.2, 0) is 14.2 Å². The van der Waals surface area contributed by atoms with Crippen molar-refractivity contribution >= 4 is 23.2 Å². The van der Waals surface area contributed by atoms with Gasteiger partial charge in [-0.3, -0.25) is 0 Å². The summed E-state index contributed by atoms with van der Waals surface area (Å²) in [5.74, 6) is 0.807. The topological polar surface area (TPSA) is 27.7 Å². The maximum absolute atomic E-state index is 5.84. The Labute approximate surface area is 95.6 Å². The van der Waals surface area contributed by atoms with Crippen molar-refractivity contribution in [3.05, 3.63) is 0 Å². The molecule has 0 fully saturated rings. The quantitative estimate of drug-likeness (QED) is 0.484. The highest BCUT2D eigenvalue weighted by molar-refractivity contribution is 6.21. The van der Waals surface area contributed by atoms with Gasteiger partial charge in [-0.2, -0.15) is 0 Å². The summed E-state index contributed by atoms with van der Waals surface area (Å²) in [6, 6.07) is 0. The predicted octanol–water partition coefficient (Wildman–Crippen LogP) is 2.11. The molecule has 0 amide bonds. The van der Waals surface area contributed by atoms with Crippen molar-refractivity contribution in [2.45, 2.75) is 13.2 Å². The molecule has 0 aromatic heterocycles. The smallest absolute Gasteiger partial charge is 0.154 e. The zero-order chi connectivity index (χ0) is 11.0. The van der Waals surface area contributed by atoms with E-state index >= 15 is 0 Å². The van der Waals surface area contributed by atoms with Gasteiger partial charge in [-0.1, -0.05) is 0 Å². The standard InChI is InChI=1S/C9H18Cl2O3/c1-8(13-3)14-7-9(4-10,5-11)6-12-2/h8H,4-7H2,1-3H3. The Hall–Kier alpha value is 0.460. The molecule has 0 radical (unpaired) electrons. The van der Waals surface area contributed by atoms with Crippen molar-refractivity contribution in [3.8, 4) is 0 Å². The van der Waals surface area contributed by atoms with Gasteiger partial charge in [0.25, 0.3) is 0 Å². The van der Waals surface area contributed by atoms with E-state index in [9.17, 15) is 0 Å². The molecule has 1 atom stereocenters. The summed E-state index contributed by atoms with van der Waals surface area (Å²) in [5.41, 5.74) is -0.329. The van der Waals surface area contributed by atoms with Gasteiger partial charge in [0.1, 0.15) is 0 Å². The highest BCUT2D eigenvalue weighted by Gasteiger charge is 2.29. The Balaban J connectivity index is 4.06. The molecule has 0 rings (SSSR count). The van der Waals surface area contributed by atoms with Crippen LogP contribution in [-0.4, -0.2) is 45.5 Å². The van der Waals surface area contributed by atoms with E-state index < -0.39 is 0 Å². The maximum Gasteiger partial charge on any atom is 0.154 e. The molecule has 0 heterocycles. The number of rotatable bonds is 8. The fraction of sp³-hybridized carbons (Fsp3) is 1.00. The second-order valence-electron chi connectivity index (χ2n) is 3.31. The Morgan fingerprint density at radius 1 is 1.14 bits per heavy atom. The third-order valence-electron chi connectivity index (χ3n) is 1.97. The highest BCUT2D eigenvalue weighted by Crippen LogP contribution is 2.23. The minimum Gasteiger partial charge on any atom is -0.384 e. The molecule has 0 bridgehead atoms. The number of halogens is 2. The number of methoxy groups -OCH3 is 2. The van der Waals surface area contributed by atoms with E-state index in [1.54, 1.807) is 14.2 Å². The van der Waals surface area contributed by atoms with Crippen LogP contribution in [0.3, 0.4) is 0 Å². The predicted molar refractivity (Wildman–Crippen MR) is 58.2 cm³/mol. The third kappa shape index (κ3) is 4.80. The molecule has 86 valence electrons. The lowest BCUT2D eigenvalue weighted by Gasteiger charge is -2.29. The molecule has 3 nitrogen and oxygen atoms in total. The van der Waals surface area contributed by atoms with Crippen molar-refractivity contribution < 1.29 is 14.2 Å². The first kappa shape index (κ1) is 14.5. The van der Waals surface area contributed by atoms with Crippen molar-refractivity contribution in [1.29, 1.82) is 0 Å². The van der Waals surface area contributed by atoms with Gasteiger partial charge in [-0.05, 0) is 6.92 Å². The van der Waals surface area contributed by atoms with Crippen molar-refractivity contribution in [2.75, 3.05) is 39.2 Å². The maximum atomic E-state index is 5.84. The monoisotopic (exact) mass is 244 g/mol. The second kappa shape index (κ2) is 7.71. The molecular formula is C9H18Cl2O3. The molecule has 0 aliphatic rings. The Bertz CT molecular complexity index is 140. The minimum atomic E-state index is -0.329. The molecule has 0 aliphatic carbocycles. The lowest BCUT2D eigenvalue weighted by atomic mass is 9.95. The van der Waals surface area contributed by atoms with Crippen molar-refractivity contribution in [1.82, 2.24) is 0 Å². The fourth-order valence-corrected chi connectivity index (χ4v) is 1.49. The Kier molecular flexibility index (Phi) is 7.97. The van der Waals surface area contributed by atoms with Gasteiger partial charge in [0.05, 0.1) is 13.2 Å². The SMILES string of the molecule is COCC(CCl)(CCl)COC(C)OC. The summed E-state index contributed by atoms with van der Waals surface area (Å²) in [4.78, 5) is 0. The van der Waals surface area contributed by atoms with Crippen LogP contribution in [0.4, 0.5) is 0 Å². The summed E-state index contributed by atoms with van der Waals surface area (Å²) >= 11 is 11.7. The van der Waals surface area contributed by atoms with Gasteiger partial charge >= 0.3 is 0 Å². The lowest BCUT2D eigenvalue weighted by Crippen LogP contribution is -2.37. The third-order valence-corrected chi connectivity index (χ3v) is 3.11. The van der Waals surface area contributed by atoms with Crippen LogP contribution in [0.5, 0.6) is 0 Å². The average molecular weight is 245 g/mol. The number of alkyl halides is 2. The van der Waals surface area contributed by atoms with E-state index in [1.807, 2.05) is 6.92 Å². The zero-order valence-corrected chi connectivity index (χ0v) is 10.4. The normalized spacial score (nSPS) is 14.4. The first-order chi connectivity index (χ1) is 6.64. The molecule has 0 saturated heterocycles. The highest BCUT2D eigenvalue weighted by atomic mass is 35.5. The Morgan fingerprint density at radius 3 is 2.07 bits per heavy atom. The molecule has 0 aliphatic heterocycles. The lowest BCUT2D eigenvalue weighted by molar-refractivity contribution is -0.135. The van der Waals surface area contributed by atoms with Crippen LogP contribution >= 0.6 is 23.2 Å². The van der Waals surface area contributed by atoms with Gasteiger partial charge in [-0.25, -0.2) is 0 Å². The summed E-state index contributed by atoms with van der Waals surface area (Å²) in [5, 5.41) is 0. The van der Waals surface area contributed by atoms with Gasteiger partial charge in [0.15, 0.2) is 6.29 Å². The summed E-state index contributed by atoms with van der Waals surface area (Å²) in [6.45, 7) is 2.74. The van der Waals surface area contributed by atoms with Crippen LogP contribution in [0.1, 0.15) is 6.92 Å². The van der Waals surface area contributed by atoms with Gasteiger partial charge < -0.3 is 14.2 Å². The van der Waals surface area contributed by atoms with Crippen LogP contribution in [0.15, 0.2) is 0 Å². The van der Waals surface area contributed by atoms with E-state index in [-0.39, 0.29) is 11.7 Å². The molecule has 1 unspecified atom stereocenters. The van der Waals surface area contributed by atoms with Crippen molar-refractivity contribution in [2.24, 2.45) is 5.41 Å². The molecule has 0 aromatic rings. The molecular weight excluding hydrogens is 227 g/mol. The van der Waals surface area contributed by atoms with E-state index in [2.05, 4.69) is 0 Å². The molecule has 0 N–H and O–H groups in total. The number of hydrogen-bond acceptors (Lipinski definition) is 3. The molecule has 0 spiro atoms. The van der Waals surface area contributed by atoms with Crippen molar-refractivity contribution in [3.63, 3.8) is 0 Å². The van der Waals surface area contributed by atoms with E-state index in [4.69, 9.17) is 37.4 Å². The Morgan fingerprint density at radius 2 is 1.71 bits per heavy atom. The van der Waals surface area contributed by atoms with E-state index in [0.717, 1.165) is 0 Å². The molecule has 0 aromatic carbocycles. The number of ether oxygens (including phenoxy) is 3. The minimum absolute atomic E-state index is 0.252. The van der Waals surface area contributed by atoms with Crippen LogP contribution in [0.25, 0.3) is 0 Å². The average Bonchev–Trinajstić information content (AvgIpc) is 2.24. The molecule has 5 heteroatoms. The van der Waals surface area contributed by atoms with Gasteiger partial charge in [0.2, 0.25) is 0 Å². The largest absolute Gasteiger partial charge is 0.384 e. The number of hydrogen-bond donors (Lipinski definition) is 0. The van der Waals surface area contributed by atoms with Crippen LogP contribution in [0, 0.1) is 5.41 Å². The summed E-state index contributed by atoms with van der Waals surface area (Å²) in [7, 11) is 3.21. The van der Waals surface area contributed by atoms with Crippen LogP contribution < -0.4 is 0 Å². The summed E-state index contributed by atoms with van der Waals surface area (Å²) in [6.07, 6.45) is -0.252. The van der Waals surface area contributed by atoms with Gasteiger partial charge in [-0.15, -0.1) is 23.2 Å². The summed E-state index contributed by atoms with van der Waals surface area (Å²) < 4.78 is 15.4. The fourth-order valence-electron chi connectivity index (χ4n) is 0.900. The first-order valence-electron chi connectivity index (χ1n) is 4.39. The van der Waals surface area contributed by atoms with E-state index in [0.29, 0.717) is 25.0 Å². The van der Waals surface area contributed by atoms with Gasteiger partial charge in [0, 0.05) is 31.4 Å². The molecule has 14 heavy (non-hydrogen) atoms. The zero-order valence-electron chi connectivity index (χ0n) is 8.89.